The average molecular weight is 303 g/mol. The molecule has 3 atom stereocenters. The number of rotatable bonds is 3. The smallest absolute Gasteiger partial charge is 0.305 e. The molecule has 1 aromatic carbocycles. The lowest BCUT2D eigenvalue weighted by Crippen LogP contribution is -2.52. The summed E-state index contributed by atoms with van der Waals surface area (Å²) >= 11 is 0. The molecule has 120 valence electrons. The summed E-state index contributed by atoms with van der Waals surface area (Å²) in [6, 6.07) is 10.4. The van der Waals surface area contributed by atoms with Gasteiger partial charge < -0.3 is 14.7 Å². The van der Waals surface area contributed by atoms with Crippen LogP contribution in [0.3, 0.4) is 0 Å². The van der Waals surface area contributed by atoms with Crippen molar-refractivity contribution < 1.29 is 14.6 Å². The molecule has 2 fully saturated rings. The van der Waals surface area contributed by atoms with E-state index in [-0.39, 0.29) is 5.97 Å². The van der Waals surface area contributed by atoms with E-state index in [1.54, 1.807) is 0 Å². The zero-order valence-electron chi connectivity index (χ0n) is 13.2. The molecule has 1 N–H and O–H groups in total. The quantitative estimate of drug-likeness (QED) is 0.871. The minimum Gasteiger partial charge on any atom is -0.469 e. The van der Waals surface area contributed by atoms with Crippen LogP contribution in [0.15, 0.2) is 30.3 Å². The van der Waals surface area contributed by atoms with Crippen LogP contribution in [0.5, 0.6) is 0 Å². The van der Waals surface area contributed by atoms with Crippen molar-refractivity contribution in [2.75, 3.05) is 20.2 Å². The molecule has 0 radical (unpaired) electrons. The first kappa shape index (κ1) is 15.5. The number of esters is 1. The lowest BCUT2D eigenvalue weighted by atomic mass is 9.75. The van der Waals surface area contributed by atoms with Crippen LogP contribution in [0, 0.1) is 5.92 Å². The van der Waals surface area contributed by atoms with Gasteiger partial charge in [0.1, 0.15) is 0 Å². The molecule has 0 amide bonds. The standard InChI is InChI=1S/C18H25NO3/c1-22-17(20)12-14-7-9-19-10-8-18(21,13-16(19)11-14)15-5-3-2-4-6-15/h2-6,14,16,21H,7-13H2,1H3. The number of ether oxygens (including phenoxy) is 1. The Morgan fingerprint density at radius 2 is 2.14 bits per heavy atom. The summed E-state index contributed by atoms with van der Waals surface area (Å²) in [5.74, 6) is 0.263. The fourth-order valence-electron chi connectivity index (χ4n) is 4.02. The van der Waals surface area contributed by atoms with Gasteiger partial charge in [0.15, 0.2) is 0 Å². The molecule has 4 heteroatoms. The molecule has 0 aromatic heterocycles. The summed E-state index contributed by atoms with van der Waals surface area (Å²) in [5, 5.41) is 11.1. The number of aliphatic hydroxyl groups is 1. The van der Waals surface area contributed by atoms with Gasteiger partial charge in [-0.1, -0.05) is 30.3 Å². The molecule has 22 heavy (non-hydrogen) atoms. The summed E-state index contributed by atoms with van der Waals surface area (Å²) < 4.78 is 4.80. The van der Waals surface area contributed by atoms with Crippen molar-refractivity contribution in [1.29, 1.82) is 0 Å². The first-order chi connectivity index (χ1) is 10.6. The van der Waals surface area contributed by atoms with E-state index in [2.05, 4.69) is 4.90 Å². The van der Waals surface area contributed by atoms with Crippen LogP contribution in [0.25, 0.3) is 0 Å². The molecule has 0 spiro atoms. The first-order valence-electron chi connectivity index (χ1n) is 8.19. The van der Waals surface area contributed by atoms with Crippen LogP contribution >= 0.6 is 0 Å². The van der Waals surface area contributed by atoms with Crippen molar-refractivity contribution in [2.24, 2.45) is 5.92 Å². The van der Waals surface area contributed by atoms with Gasteiger partial charge in [0.05, 0.1) is 12.7 Å². The highest BCUT2D eigenvalue weighted by Gasteiger charge is 2.42. The summed E-state index contributed by atoms with van der Waals surface area (Å²) in [6.07, 6.45) is 4.08. The van der Waals surface area contributed by atoms with Crippen molar-refractivity contribution in [3.8, 4) is 0 Å². The maximum Gasteiger partial charge on any atom is 0.305 e. The molecule has 0 bridgehead atoms. The van der Waals surface area contributed by atoms with Crippen LogP contribution in [-0.4, -0.2) is 42.2 Å². The van der Waals surface area contributed by atoms with Gasteiger partial charge in [0.25, 0.3) is 0 Å². The van der Waals surface area contributed by atoms with Gasteiger partial charge in [0, 0.05) is 19.0 Å². The van der Waals surface area contributed by atoms with E-state index in [1.807, 2.05) is 30.3 Å². The highest BCUT2D eigenvalue weighted by Crippen LogP contribution is 2.40. The fourth-order valence-corrected chi connectivity index (χ4v) is 4.02. The third-order valence-corrected chi connectivity index (χ3v) is 5.33. The van der Waals surface area contributed by atoms with E-state index in [0.29, 0.717) is 18.4 Å². The second kappa shape index (κ2) is 6.39. The van der Waals surface area contributed by atoms with Crippen LogP contribution in [0.4, 0.5) is 0 Å². The van der Waals surface area contributed by atoms with E-state index >= 15 is 0 Å². The number of hydrogen-bond acceptors (Lipinski definition) is 4. The summed E-state index contributed by atoms with van der Waals surface area (Å²) in [4.78, 5) is 14.0. The number of methoxy groups -OCH3 is 1. The molecule has 0 saturated carbocycles. The monoisotopic (exact) mass is 303 g/mol. The molecule has 3 unspecified atom stereocenters. The molecule has 0 aliphatic carbocycles. The Balaban J connectivity index is 1.68. The Morgan fingerprint density at radius 3 is 2.86 bits per heavy atom. The van der Waals surface area contributed by atoms with E-state index in [1.165, 1.54) is 7.11 Å². The predicted octanol–water partition coefficient (Wildman–Crippen LogP) is 2.31. The van der Waals surface area contributed by atoms with Gasteiger partial charge in [-0.25, -0.2) is 0 Å². The van der Waals surface area contributed by atoms with E-state index in [4.69, 9.17) is 4.74 Å². The molecule has 3 rings (SSSR count). The lowest BCUT2D eigenvalue weighted by Gasteiger charge is -2.48. The minimum atomic E-state index is -0.727. The molecule has 4 nitrogen and oxygen atoms in total. The zero-order chi connectivity index (χ0) is 15.6. The SMILES string of the molecule is COC(=O)CC1CCN2CCC(O)(c3ccccc3)CC2C1. The number of fused-ring (bicyclic) bond motifs is 1. The maximum absolute atomic E-state index is 11.5. The van der Waals surface area contributed by atoms with Crippen molar-refractivity contribution in [3.63, 3.8) is 0 Å². The third-order valence-electron chi connectivity index (χ3n) is 5.33. The van der Waals surface area contributed by atoms with Gasteiger partial charge in [-0.05, 0) is 43.7 Å². The van der Waals surface area contributed by atoms with Crippen LogP contribution in [0.1, 0.15) is 37.7 Å². The average Bonchev–Trinajstić information content (AvgIpc) is 2.55. The number of hydrogen-bond donors (Lipinski definition) is 1. The summed E-state index contributed by atoms with van der Waals surface area (Å²) in [7, 11) is 1.45. The highest BCUT2D eigenvalue weighted by atomic mass is 16.5. The van der Waals surface area contributed by atoms with Gasteiger partial charge in [-0.2, -0.15) is 0 Å². The van der Waals surface area contributed by atoms with E-state index < -0.39 is 5.60 Å². The third kappa shape index (κ3) is 3.18. The lowest BCUT2D eigenvalue weighted by molar-refractivity contribution is -0.142. The van der Waals surface area contributed by atoms with Crippen molar-refractivity contribution in [3.05, 3.63) is 35.9 Å². The second-order valence-corrected chi connectivity index (χ2v) is 6.71. The number of carbonyl (C=O) groups is 1. The maximum atomic E-state index is 11.5. The van der Waals surface area contributed by atoms with Gasteiger partial charge in [-0.15, -0.1) is 0 Å². The van der Waals surface area contributed by atoms with Gasteiger partial charge in [0.2, 0.25) is 0 Å². The Labute approximate surface area is 132 Å². The van der Waals surface area contributed by atoms with Crippen molar-refractivity contribution >= 4 is 5.97 Å². The summed E-state index contributed by atoms with van der Waals surface area (Å²) in [5.41, 5.74) is 0.292. The molecule has 1 aromatic rings. The fraction of sp³-hybridized carbons (Fsp3) is 0.611. The molecule has 2 heterocycles. The Morgan fingerprint density at radius 1 is 1.36 bits per heavy atom. The van der Waals surface area contributed by atoms with Gasteiger partial charge >= 0.3 is 5.97 Å². The minimum absolute atomic E-state index is 0.118. The van der Waals surface area contributed by atoms with E-state index in [0.717, 1.165) is 44.3 Å². The number of benzene rings is 1. The Kier molecular flexibility index (Phi) is 4.50. The summed E-state index contributed by atoms with van der Waals surface area (Å²) in [6.45, 7) is 1.96. The first-order valence-corrected chi connectivity index (χ1v) is 8.19. The molecule has 2 aliphatic rings. The van der Waals surface area contributed by atoms with Crippen molar-refractivity contribution in [2.45, 2.75) is 43.7 Å². The largest absolute Gasteiger partial charge is 0.469 e. The molecule has 2 saturated heterocycles. The van der Waals surface area contributed by atoms with Crippen LogP contribution in [-0.2, 0) is 15.1 Å². The molecular formula is C18H25NO3. The van der Waals surface area contributed by atoms with Crippen LogP contribution in [0.2, 0.25) is 0 Å². The highest BCUT2D eigenvalue weighted by molar-refractivity contribution is 5.69. The Bertz CT molecular complexity index is 518. The van der Waals surface area contributed by atoms with Crippen molar-refractivity contribution in [1.82, 2.24) is 4.90 Å². The Hall–Kier alpha value is -1.39. The number of nitrogens with zero attached hydrogens (tertiary/aromatic N) is 1. The number of carbonyl (C=O) groups excluding carboxylic acids is 1. The second-order valence-electron chi connectivity index (χ2n) is 6.71. The molecular weight excluding hydrogens is 278 g/mol. The van der Waals surface area contributed by atoms with Crippen LogP contribution < -0.4 is 0 Å². The van der Waals surface area contributed by atoms with E-state index in [9.17, 15) is 9.90 Å². The zero-order valence-corrected chi connectivity index (χ0v) is 13.2. The number of piperidine rings is 2. The topological polar surface area (TPSA) is 49.8 Å². The predicted molar refractivity (Wildman–Crippen MR) is 84.3 cm³/mol. The normalized spacial score (nSPS) is 32.3. The molecule has 2 aliphatic heterocycles. The van der Waals surface area contributed by atoms with Gasteiger partial charge in [-0.3, -0.25) is 4.79 Å².